The van der Waals surface area contributed by atoms with Crippen LogP contribution < -0.4 is 15.5 Å². The molecule has 1 saturated heterocycles. The summed E-state index contributed by atoms with van der Waals surface area (Å²) in [7, 11) is 0. The Labute approximate surface area is 218 Å². The van der Waals surface area contributed by atoms with Crippen LogP contribution in [0, 0.1) is 12.7 Å². The van der Waals surface area contributed by atoms with Gasteiger partial charge in [-0.2, -0.15) is 5.10 Å². The number of hydrogen-bond donors (Lipinski definition) is 3. The summed E-state index contributed by atoms with van der Waals surface area (Å²) in [6, 6.07) is 7.50. The second-order valence-corrected chi connectivity index (χ2v) is 9.90. The molecule has 0 bridgehead atoms. The molecule has 1 aliphatic rings. The third kappa shape index (κ3) is 4.15. The Kier molecular flexibility index (Phi) is 5.92. The summed E-state index contributed by atoms with van der Waals surface area (Å²) in [6.45, 7) is 9.74. The molecule has 190 valence electrons. The standard InChI is InChI=1S/C26H27ClFN9/c1-14(2)37-15(3)32-25-19(28)10-16(11-22(25)37)23-18(27)13-30-26(34-23)33-20-4-5-21(17-12-31-35-24(17)20)36-8-6-29-7-9-36/h4-5,10-14,29H,6-9H2,1-3H3,(H,31,35)(H,30,33,34). The van der Waals surface area contributed by atoms with E-state index in [9.17, 15) is 0 Å². The SMILES string of the molecule is Cc1nc2c(F)cc(-c3nc(Nc4ccc(N5CCNCC5)c5cn[nH]c45)ncc3Cl)cc2n1C(C)C. The Bertz CT molecular complexity index is 1620. The second kappa shape index (κ2) is 9.28. The highest BCUT2D eigenvalue weighted by atomic mass is 35.5. The van der Waals surface area contributed by atoms with E-state index in [2.05, 4.69) is 46.7 Å². The van der Waals surface area contributed by atoms with Gasteiger partial charge in [0.1, 0.15) is 11.3 Å². The van der Waals surface area contributed by atoms with Crippen molar-refractivity contribution >= 4 is 50.9 Å². The topological polar surface area (TPSA) is 99.6 Å². The number of nitrogens with one attached hydrogen (secondary N) is 3. The number of nitrogens with zero attached hydrogens (tertiary/aromatic N) is 6. The number of aromatic amines is 1. The van der Waals surface area contributed by atoms with Crippen molar-refractivity contribution in [1.29, 1.82) is 0 Å². The third-order valence-electron chi connectivity index (χ3n) is 6.76. The van der Waals surface area contributed by atoms with Crippen LogP contribution in [0.2, 0.25) is 5.02 Å². The lowest BCUT2D eigenvalue weighted by atomic mass is 10.1. The van der Waals surface area contributed by atoms with Crippen LogP contribution in [0.4, 0.5) is 21.7 Å². The highest BCUT2D eigenvalue weighted by Gasteiger charge is 2.19. The van der Waals surface area contributed by atoms with Crippen LogP contribution in [0.3, 0.4) is 0 Å². The fraction of sp³-hybridized carbons (Fsp3) is 0.308. The van der Waals surface area contributed by atoms with Crippen LogP contribution in [-0.2, 0) is 0 Å². The molecule has 11 heteroatoms. The lowest BCUT2D eigenvalue weighted by Gasteiger charge is -2.30. The molecule has 37 heavy (non-hydrogen) atoms. The quantitative estimate of drug-likeness (QED) is 0.293. The smallest absolute Gasteiger partial charge is 0.227 e. The number of halogens is 2. The monoisotopic (exact) mass is 519 g/mol. The molecule has 6 rings (SSSR count). The lowest BCUT2D eigenvalue weighted by molar-refractivity contribution is 0.590. The first-order valence-corrected chi connectivity index (χ1v) is 12.7. The summed E-state index contributed by atoms with van der Waals surface area (Å²) in [5.74, 6) is 0.686. The molecule has 0 aliphatic carbocycles. The first-order chi connectivity index (χ1) is 17.9. The highest BCUT2D eigenvalue weighted by Crippen LogP contribution is 2.35. The number of anilines is 3. The number of benzene rings is 2. The van der Waals surface area contributed by atoms with Crippen LogP contribution in [0.25, 0.3) is 33.2 Å². The summed E-state index contributed by atoms with van der Waals surface area (Å²) in [6.07, 6.45) is 3.36. The van der Waals surface area contributed by atoms with Gasteiger partial charge in [-0.3, -0.25) is 5.10 Å². The zero-order valence-electron chi connectivity index (χ0n) is 20.8. The summed E-state index contributed by atoms with van der Waals surface area (Å²) in [5, 5.41) is 15.4. The molecule has 2 aromatic carbocycles. The average molecular weight is 520 g/mol. The molecule has 0 radical (unpaired) electrons. The minimum Gasteiger partial charge on any atom is -0.368 e. The van der Waals surface area contributed by atoms with Gasteiger partial charge in [0.25, 0.3) is 0 Å². The fourth-order valence-corrected chi connectivity index (χ4v) is 5.31. The van der Waals surface area contributed by atoms with Gasteiger partial charge in [0.2, 0.25) is 5.95 Å². The predicted molar refractivity (Wildman–Crippen MR) is 145 cm³/mol. The number of hydrogen-bond acceptors (Lipinski definition) is 7. The van der Waals surface area contributed by atoms with Gasteiger partial charge in [-0.15, -0.1) is 0 Å². The van der Waals surface area contributed by atoms with E-state index in [-0.39, 0.29) is 6.04 Å². The van der Waals surface area contributed by atoms with Crippen LogP contribution >= 0.6 is 11.6 Å². The Morgan fingerprint density at radius 3 is 2.70 bits per heavy atom. The normalized spacial score (nSPS) is 14.3. The Balaban J connectivity index is 1.38. The van der Waals surface area contributed by atoms with Gasteiger partial charge in [0, 0.05) is 48.9 Å². The molecule has 5 aromatic rings. The van der Waals surface area contributed by atoms with E-state index in [0.717, 1.165) is 54.3 Å². The molecule has 0 saturated carbocycles. The minimum absolute atomic E-state index is 0.124. The number of H-pyrrole nitrogens is 1. The molecule has 0 spiro atoms. The fourth-order valence-electron chi connectivity index (χ4n) is 5.11. The van der Waals surface area contributed by atoms with E-state index < -0.39 is 5.82 Å². The van der Waals surface area contributed by atoms with Crippen molar-refractivity contribution in [2.45, 2.75) is 26.8 Å². The van der Waals surface area contributed by atoms with Gasteiger partial charge in [-0.1, -0.05) is 11.6 Å². The maximum atomic E-state index is 15.1. The molecule has 9 nitrogen and oxygen atoms in total. The van der Waals surface area contributed by atoms with E-state index in [1.54, 1.807) is 0 Å². The third-order valence-corrected chi connectivity index (χ3v) is 7.03. The van der Waals surface area contributed by atoms with Gasteiger partial charge < -0.3 is 20.1 Å². The van der Waals surface area contributed by atoms with Crippen molar-refractivity contribution in [1.82, 2.24) is 35.0 Å². The number of aryl methyl sites for hydroxylation is 1. The maximum absolute atomic E-state index is 15.1. The number of fused-ring (bicyclic) bond motifs is 2. The Morgan fingerprint density at radius 1 is 1.11 bits per heavy atom. The van der Waals surface area contributed by atoms with Crippen molar-refractivity contribution in [2.75, 3.05) is 36.4 Å². The van der Waals surface area contributed by atoms with Gasteiger partial charge in [-0.25, -0.2) is 19.3 Å². The first kappa shape index (κ1) is 23.6. The molecular formula is C26H27ClFN9. The molecule has 0 amide bonds. The second-order valence-electron chi connectivity index (χ2n) is 9.49. The molecule has 4 heterocycles. The molecule has 1 aliphatic heterocycles. The van der Waals surface area contributed by atoms with Crippen molar-refractivity contribution in [3.8, 4) is 11.3 Å². The van der Waals surface area contributed by atoms with Crippen molar-refractivity contribution in [3.63, 3.8) is 0 Å². The summed E-state index contributed by atoms with van der Waals surface area (Å²) >= 11 is 6.50. The van der Waals surface area contributed by atoms with E-state index in [4.69, 9.17) is 11.6 Å². The number of aromatic nitrogens is 6. The number of imidazole rings is 1. The van der Waals surface area contributed by atoms with E-state index in [0.29, 0.717) is 33.3 Å². The lowest BCUT2D eigenvalue weighted by Crippen LogP contribution is -2.43. The molecule has 1 fully saturated rings. The average Bonchev–Trinajstić information content (AvgIpc) is 3.51. The van der Waals surface area contributed by atoms with Crippen LogP contribution in [0.5, 0.6) is 0 Å². The predicted octanol–water partition coefficient (Wildman–Crippen LogP) is 5.20. The molecule has 3 N–H and O–H groups in total. The largest absolute Gasteiger partial charge is 0.368 e. The van der Waals surface area contributed by atoms with Crippen molar-refractivity contribution < 1.29 is 4.39 Å². The first-order valence-electron chi connectivity index (χ1n) is 12.3. The summed E-state index contributed by atoms with van der Waals surface area (Å²) in [5.41, 5.74) is 4.82. The van der Waals surface area contributed by atoms with Gasteiger partial charge in [0.15, 0.2) is 5.82 Å². The van der Waals surface area contributed by atoms with Crippen LogP contribution in [0.1, 0.15) is 25.7 Å². The minimum atomic E-state index is -0.415. The molecule has 0 atom stereocenters. The Morgan fingerprint density at radius 2 is 1.92 bits per heavy atom. The molecule has 3 aromatic heterocycles. The van der Waals surface area contributed by atoms with Crippen molar-refractivity contribution in [2.24, 2.45) is 0 Å². The number of rotatable bonds is 5. The zero-order chi connectivity index (χ0) is 25.7. The number of piperazine rings is 1. The van der Waals surface area contributed by atoms with E-state index in [1.807, 2.05) is 43.7 Å². The summed E-state index contributed by atoms with van der Waals surface area (Å²) in [4.78, 5) is 15.8. The summed E-state index contributed by atoms with van der Waals surface area (Å²) < 4.78 is 17.1. The zero-order valence-corrected chi connectivity index (χ0v) is 21.6. The molecule has 0 unspecified atom stereocenters. The van der Waals surface area contributed by atoms with Gasteiger partial charge in [0.05, 0.1) is 39.8 Å². The maximum Gasteiger partial charge on any atom is 0.227 e. The van der Waals surface area contributed by atoms with Gasteiger partial charge >= 0.3 is 0 Å². The van der Waals surface area contributed by atoms with E-state index >= 15 is 4.39 Å². The van der Waals surface area contributed by atoms with Crippen LogP contribution in [0.15, 0.2) is 36.7 Å². The van der Waals surface area contributed by atoms with E-state index in [1.165, 1.54) is 12.3 Å². The Hall–Kier alpha value is -3.76. The van der Waals surface area contributed by atoms with Crippen LogP contribution in [-0.4, -0.2) is 55.9 Å². The molecular weight excluding hydrogens is 493 g/mol. The van der Waals surface area contributed by atoms with Gasteiger partial charge in [-0.05, 0) is 45.0 Å². The van der Waals surface area contributed by atoms with Crippen molar-refractivity contribution in [3.05, 3.63) is 53.3 Å². The highest BCUT2D eigenvalue weighted by molar-refractivity contribution is 6.33.